The Bertz CT molecular complexity index is 693. The molecule has 1 aromatic heterocycles. The van der Waals surface area contributed by atoms with Crippen LogP contribution < -0.4 is 5.32 Å². The molecule has 2 rings (SSSR count). The Morgan fingerprint density at radius 1 is 1.17 bits per heavy atom. The Balaban J connectivity index is 2.42. The van der Waals surface area contributed by atoms with Crippen LogP contribution >= 0.6 is 0 Å². The summed E-state index contributed by atoms with van der Waals surface area (Å²) in [6.45, 7) is 6.90. The van der Waals surface area contributed by atoms with Crippen LogP contribution in [0.1, 0.15) is 31.1 Å². The summed E-state index contributed by atoms with van der Waals surface area (Å²) in [6.07, 6.45) is 1.41. The fraction of sp³-hybridized carbons (Fsp3) is 0.353. The summed E-state index contributed by atoms with van der Waals surface area (Å²) in [6, 6.07) is 8.99. The van der Waals surface area contributed by atoms with E-state index in [1.54, 1.807) is 11.8 Å². The number of nitrogens with one attached hydrogen (secondary N) is 1. The highest BCUT2D eigenvalue weighted by atomic mass is 16.5. The first-order valence-electron chi connectivity index (χ1n) is 7.98. The summed E-state index contributed by atoms with van der Waals surface area (Å²) in [5.41, 5.74) is 0.962. The normalized spacial score (nSPS) is 10.3. The van der Waals surface area contributed by atoms with Gasteiger partial charge >= 0.3 is 12.0 Å². The van der Waals surface area contributed by atoms with E-state index in [2.05, 4.69) is 10.4 Å². The smallest absolute Gasteiger partial charge is 0.343 e. The molecule has 0 spiro atoms. The van der Waals surface area contributed by atoms with E-state index in [4.69, 9.17) is 4.74 Å². The number of nitrogens with zero attached hydrogens (tertiary/aromatic N) is 3. The maximum Gasteiger partial charge on any atom is 0.343 e. The number of carbonyl (C=O) groups is 2. The predicted octanol–water partition coefficient (Wildman–Crippen LogP) is 2.92. The van der Waals surface area contributed by atoms with E-state index in [9.17, 15) is 9.59 Å². The number of carbonyl (C=O) groups excluding carboxylic acids is 2. The number of ether oxygens (including phenoxy) is 1. The van der Waals surface area contributed by atoms with Crippen molar-refractivity contribution in [3.63, 3.8) is 0 Å². The number of amides is 2. The minimum absolute atomic E-state index is 0.223. The number of urea groups is 1. The van der Waals surface area contributed by atoms with Gasteiger partial charge < -0.3 is 9.64 Å². The Morgan fingerprint density at radius 3 is 2.42 bits per heavy atom. The van der Waals surface area contributed by atoms with E-state index in [1.807, 2.05) is 44.2 Å². The molecule has 1 aromatic carbocycles. The van der Waals surface area contributed by atoms with E-state index in [-0.39, 0.29) is 18.2 Å². The van der Waals surface area contributed by atoms with Crippen molar-refractivity contribution >= 4 is 17.8 Å². The molecular weight excluding hydrogens is 308 g/mol. The number of hydrogen-bond donors (Lipinski definition) is 1. The highest BCUT2D eigenvalue weighted by Crippen LogP contribution is 2.21. The standard InChI is InChI=1S/C17H22N4O3/c1-4-20(5-2)17(23)19-15-14(16(22)24-6-3)12-18-21(15)13-10-8-7-9-11-13/h7-12H,4-6H2,1-3H3,(H,19,23). The zero-order valence-corrected chi connectivity index (χ0v) is 14.2. The molecule has 2 aromatic rings. The van der Waals surface area contributed by atoms with Crippen molar-refractivity contribution in [1.82, 2.24) is 14.7 Å². The maximum atomic E-state index is 12.4. The summed E-state index contributed by atoms with van der Waals surface area (Å²) >= 11 is 0. The van der Waals surface area contributed by atoms with Crippen LogP contribution in [0.3, 0.4) is 0 Å². The van der Waals surface area contributed by atoms with Gasteiger partial charge in [-0.15, -0.1) is 0 Å². The molecule has 7 heteroatoms. The van der Waals surface area contributed by atoms with Crippen LogP contribution in [0.15, 0.2) is 36.5 Å². The van der Waals surface area contributed by atoms with Gasteiger partial charge in [0.05, 0.1) is 18.5 Å². The third-order valence-electron chi connectivity index (χ3n) is 3.54. The second-order valence-electron chi connectivity index (χ2n) is 4.98. The molecule has 128 valence electrons. The molecule has 0 fully saturated rings. The summed E-state index contributed by atoms with van der Waals surface area (Å²) in [5, 5.41) is 7.02. The van der Waals surface area contributed by atoms with Crippen molar-refractivity contribution in [2.75, 3.05) is 25.0 Å². The van der Waals surface area contributed by atoms with E-state index in [0.29, 0.717) is 18.9 Å². The summed E-state index contributed by atoms with van der Waals surface area (Å²) in [5.74, 6) is -0.217. The molecular formula is C17H22N4O3. The predicted molar refractivity (Wildman–Crippen MR) is 91.5 cm³/mol. The lowest BCUT2D eigenvalue weighted by molar-refractivity contribution is 0.0527. The average Bonchev–Trinajstić information content (AvgIpc) is 3.00. The molecule has 1 N–H and O–H groups in total. The molecule has 0 atom stereocenters. The zero-order chi connectivity index (χ0) is 17.5. The second-order valence-corrected chi connectivity index (χ2v) is 4.98. The lowest BCUT2D eigenvalue weighted by atomic mass is 10.3. The minimum Gasteiger partial charge on any atom is -0.462 e. The number of aromatic nitrogens is 2. The molecule has 0 saturated heterocycles. The van der Waals surface area contributed by atoms with Crippen LogP contribution in [0, 0.1) is 0 Å². The topological polar surface area (TPSA) is 76.5 Å². The molecule has 1 heterocycles. The number of hydrogen-bond acceptors (Lipinski definition) is 4. The van der Waals surface area contributed by atoms with Gasteiger partial charge in [0.1, 0.15) is 5.56 Å². The van der Waals surface area contributed by atoms with E-state index < -0.39 is 5.97 Å². The fourth-order valence-corrected chi connectivity index (χ4v) is 2.28. The molecule has 0 aliphatic carbocycles. The van der Waals surface area contributed by atoms with Gasteiger partial charge in [0.2, 0.25) is 0 Å². The highest BCUT2D eigenvalue weighted by molar-refractivity contribution is 6.00. The van der Waals surface area contributed by atoms with Crippen molar-refractivity contribution in [2.45, 2.75) is 20.8 Å². The van der Waals surface area contributed by atoms with Gasteiger partial charge in [-0.3, -0.25) is 5.32 Å². The van der Waals surface area contributed by atoms with Gasteiger partial charge in [-0.25, -0.2) is 14.3 Å². The van der Waals surface area contributed by atoms with Crippen LogP contribution in [-0.4, -0.2) is 46.4 Å². The lowest BCUT2D eigenvalue weighted by Gasteiger charge is -2.20. The van der Waals surface area contributed by atoms with Crippen LogP contribution in [0.4, 0.5) is 10.6 Å². The molecule has 2 amide bonds. The van der Waals surface area contributed by atoms with E-state index in [1.165, 1.54) is 10.9 Å². The van der Waals surface area contributed by atoms with Crippen LogP contribution in [0.2, 0.25) is 0 Å². The zero-order valence-electron chi connectivity index (χ0n) is 14.2. The largest absolute Gasteiger partial charge is 0.462 e. The van der Waals surface area contributed by atoms with Crippen molar-refractivity contribution in [1.29, 1.82) is 0 Å². The number of rotatable bonds is 6. The minimum atomic E-state index is -0.519. The van der Waals surface area contributed by atoms with Gasteiger partial charge in [0.25, 0.3) is 0 Å². The van der Waals surface area contributed by atoms with Crippen LogP contribution in [0.5, 0.6) is 0 Å². The van der Waals surface area contributed by atoms with Crippen LogP contribution in [0.25, 0.3) is 5.69 Å². The SMILES string of the molecule is CCOC(=O)c1cnn(-c2ccccc2)c1NC(=O)N(CC)CC. The van der Waals surface area contributed by atoms with E-state index >= 15 is 0 Å². The third kappa shape index (κ3) is 3.73. The van der Waals surface area contributed by atoms with Crippen molar-refractivity contribution in [3.05, 3.63) is 42.1 Å². The molecule has 7 nitrogen and oxygen atoms in total. The number of benzene rings is 1. The maximum absolute atomic E-state index is 12.4. The van der Waals surface area contributed by atoms with Gasteiger partial charge in [0, 0.05) is 13.1 Å². The first-order chi connectivity index (χ1) is 11.6. The molecule has 0 bridgehead atoms. The molecule has 24 heavy (non-hydrogen) atoms. The molecule has 0 saturated carbocycles. The van der Waals surface area contributed by atoms with Gasteiger partial charge in [-0.05, 0) is 32.9 Å². The lowest BCUT2D eigenvalue weighted by Crippen LogP contribution is -2.35. The number of esters is 1. The van der Waals surface area contributed by atoms with Gasteiger partial charge in [-0.1, -0.05) is 18.2 Å². The Kier molecular flexibility index (Phi) is 5.95. The van der Waals surface area contributed by atoms with Crippen molar-refractivity contribution < 1.29 is 14.3 Å². The van der Waals surface area contributed by atoms with Crippen molar-refractivity contribution in [2.24, 2.45) is 0 Å². The van der Waals surface area contributed by atoms with E-state index in [0.717, 1.165) is 5.69 Å². The first-order valence-corrected chi connectivity index (χ1v) is 7.98. The Morgan fingerprint density at radius 2 is 1.83 bits per heavy atom. The third-order valence-corrected chi connectivity index (χ3v) is 3.54. The summed E-state index contributed by atoms with van der Waals surface area (Å²) in [4.78, 5) is 26.2. The fourth-order valence-electron chi connectivity index (χ4n) is 2.28. The van der Waals surface area contributed by atoms with Gasteiger partial charge in [0.15, 0.2) is 5.82 Å². The average molecular weight is 330 g/mol. The molecule has 0 unspecified atom stereocenters. The Hall–Kier alpha value is -2.83. The quantitative estimate of drug-likeness (QED) is 0.826. The second kappa shape index (κ2) is 8.14. The first kappa shape index (κ1) is 17.5. The van der Waals surface area contributed by atoms with Crippen LogP contribution in [-0.2, 0) is 4.74 Å². The summed E-state index contributed by atoms with van der Waals surface area (Å²) < 4.78 is 6.58. The molecule has 0 radical (unpaired) electrons. The summed E-state index contributed by atoms with van der Waals surface area (Å²) in [7, 11) is 0. The number of para-hydroxylation sites is 1. The molecule has 0 aliphatic heterocycles. The Labute approximate surface area is 141 Å². The molecule has 0 aliphatic rings. The monoisotopic (exact) mass is 330 g/mol. The number of anilines is 1. The van der Waals surface area contributed by atoms with Gasteiger partial charge in [-0.2, -0.15) is 5.10 Å². The van der Waals surface area contributed by atoms with Crippen molar-refractivity contribution in [3.8, 4) is 5.69 Å². The highest BCUT2D eigenvalue weighted by Gasteiger charge is 2.22.